The number of phenolic OH excluding ortho intramolecular Hbond substituents is 1. The monoisotopic (exact) mass is 249 g/mol. The van der Waals surface area contributed by atoms with Gasteiger partial charge in [0.2, 0.25) is 0 Å². The fourth-order valence-corrected chi connectivity index (χ4v) is 2.41. The van der Waals surface area contributed by atoms with Crippen molar-refractivity contribution in [2.45, 2.75) is 12.8 Å². The van der Waals surface area contributed by atoms with Crippen molar-refractivity contribution in [2.75, 3.05) is 26.8 Å². The van der Waals surface area contributed by atoms with E-state index in [1.165, 1.54) is 0 Å². The summed E-state index contributed by atoms with van der Waals surface area (Å²) in [6, 6.07) is 6.42. The standard InChI is InChI=1S/C14H19NO3/c1-18-10-11-3-2-8-15(9-11)14(17)12-4-6-13(16)7-5-12/h4-7,11,16H,2-3,8-10H2,1H3. The summed E-state index contributed by atoms with van der Waals surface area (Å²) in [4.78, 5) is 14.1. The molecule has 0 bridgehead atoms. The van der Waals surface area contributed by atoms with Crippen LogP contribution in [0.5, 0.6) is 5.75 Å². The SMILES string of the molecule is COCC1CCCN(C(=O)c2ccc(O)cc2)C1. The maximum atomic E-state index is 12.3. The molecule has 1 N–H and O–H groups in total. The Kier molecular flexibility index (Phi) is 4.20. The highest BCUT2D eigenvalue weighted by Gasteiger charge is 2.24. The molecule has 1 atom stereocenters. The van der Waals surface area contributed by atoms with Gasteiger partial charge in [0, 0.05) is 25.8 Å². The third-order valence-electron chi connectivity index (χ3n) is 3.32. The topological polar surface area (TPSA) is 49.8 Å². The number of carbonyl (C=O) groups excluding carboxylic acids is 1. The molecule has 18 heavy (non-hydrogen) atoms. The number of likely N-dealkylation sites (tertiary alicyclic amines) is 1. The highest BCUT2D eigenvalue weighted by molar-refractivity contribution is 5.94. The van der Waals surface area contributed by atoms with Crippen LogP contribution in [-0.2, 0) is 4.74 Å². The normalized spacial score (nSPS) is 19.8. The molecule has 0 spiro atoms. The van der Waals surface area contributed by atoms with Gasteiger partial charge in [0.15, 0.2) is 0 Å². The molecule has 1 aliphatic heterocycles. The van der Waals surface area contributed by atoms with Crippen molar-refractivity contribution < 1.29 is 14.6 Å². The minimum absolute atomic E-state index is 0.0378. The summed E-state index contributed by atoms with van der Waals surface area (Å²) >= 11 is 0. The second-order valence-electron chi connectivity index (χ2n) is 4.76. The van der Waals surface area contributed by atoms with Gasteiger partial charge >= 0.3 is 0 Å². The summed E-state index contributed by atoms with van der Waals surface area (Å²) in [5, 5.41) is 9.22. The largest absolute Gasteiger partial charge is 0.508 e. The number of methoxy groups -OCH3 is 1. The fourth-order valence-electron chi connectivity index (χ4n) is 2.41. The van der Waals surface area contributed by atoms with Crippen LogP contribution in [0.2, 0.25) is 0 Å². The molecule has 1 aromatic carbocycles. The maximum absolute atomic E-state index is 12.3. The van der Waals surface area contributed by atoms with Gasteiger partial charge in [-0.3, -0.25) is 4.79 Å². The Labute approximate surface area is 107 Å². The number of aromatic hydroxyl groups is 1. The van der Waals surface area contributed by atoms with Crippen LogP contribution in [0.4, 0.5) is 0 Å². The zero-order valence-corrected chi connectivity index (χ0v) is 10.6. The van der Waals surface area contributed by atoms with Gasteiger partial charge in [0.05, 0.1) is 6.61 Å². The van der Waals surface area contributed by atoms with E-state index >= 15 is 0 Å². The molecule has 1 fully saturated rings. The number of phenols is 1. The van der Waals surface area contributed by atoms with E-state index in [0.29, 0.717) is 18.1 Å². The molecule has 1 saturated heterocycles. The lowest BCUT2D eigenvalue weighted by Crippen LogP contribution is -2.41. The van der Waals surface area contributed by atoms with Gasteiger partial charge < -0.3 is 14.7 Å². The number of amides is 1. The molecule has 1 amide bonds. The van der Waals surface area contributed by atoms with Crippen molar-refractivity contribution >= 4 is 5.91 Å². The first-order chi connectivity index (χ1) is 8.70. The van der Waals surface area contributed by atoms with Gasteiger partial charge in [-0.1, -0.05) is 0 Å². The van der Waals surface area contributed by atoms with Crippen molar-refractivity contribution in [1.82, 2.24) is 4.90 Å². The van der Waals surface area contributed by atoms with E-state index in [0.717, 1.165) is 25.9 Å². The number of carbonyl (C=O) groups is 1. The van der Waals surface area contributed by atoms with E-state index in [2.05, 4.69) is 0 Å². The summed E-state index contributed by atoms with van der Waals surface area (Å²) < 4.78 is 5.16. The third-order valence-corrected chi connectivity index (χ3v) is 3.32. The number of nitrogens with zero attached hydrogens (tertiary/aromatic N) is 1. The van der Waals surface area contributed by atoms with Crippen LogP contribution < -0.4 is 0 Å². The first-order valence-corrected chi connectivity index (χ1v) is 6.28. The lowest BCUT2D eigenvalue weighted by atomic mass is 9.98. The molecule has 0 saturated carbocycles. The smallest absolute Gasteiger partial charge is 0.253 e. The van der Waals surface area contributed by atoms with E-state index in [1.807, 2.05) is 4.90 Å². The van der Waals surface area contributed by atoms with Crippen LogP contribution >= 0.6 is 0 Å². The maximum Gasteiger partial charge on any atom is 0.253 e. The average molecular weight is 249 g/mol. The van der Waals surface area contributed by atoms with E-state index < -0.39 is 0 Å². The first-order valence-electron chi connectivity index (χ1n) is 6.28. The van der Waals surface area contributed by atoms with E-state index in [1.54, 1.807) is 31.4 Å². The third kappa shape index (κ3) is 3.01. The predicted molar refractivity (Wildman–Crippen MR) is 68.6 cm³/mol. The zero-order chi connectivity index (χ0) is 13.0. The molecule has 1 aliphatic rings. The zero-order valence-electron chi connectivity index (χ0n) is 10.6. The van der Waals surface area contributed by atoms with Gasteiger partial charge in [-0.25, -0.2) is 0 Å². The number of benzene rings is 1. The van der Waals surface area contributed by atoms with Crippen LogP contribution in [0.3, 0.4) is 0 Å². The second kappa shape index (κ2) is 5.87. The molecule has 1 unspecified atom stereocenters. The molecule has 1 heterocycles. The quantitative estimate of drug-likeness (QED) is 0.890. The molecule has 1 aromatic rings. The molecule has 0 radical (unpaired) electrons. The highest BCUT2D eigenvalue weighted by atomic mass is 16.5. The van der Waals surface area contributed by atoms with Crippen molar-refractivity contribution in [3.8, 4) is 5.75 Å². The van der Waals surface area contributed by atoms with Crippen molar-refractivity contribution in [3.63, 3.8) is 0 Å². The van der Waals surface area contributed by atoms with Crippen molar-refractivity contribution in [1.29, 1.82) is 0 Å². The summed E-state index contributed by atoms with van der Waals surface area (Å²) in [7, 11) is 1.70. The number of ether oxygens (including phenoxy) is 1. The highest BCUT2D eigenvalue weighted by Crippen LogP contribution is 2.19. The van der Waals surface area contributed by atoms with Crippen LogP contribution in [0.1, 0.15) is 23.2 Å². The Morgan fingerprint density at radius 2 is 2.17 bits per heavy atom. The molecule has 98 valence electrons. The van der Waals surface area contributed by atoms with Crippen molar-refractivity contribution in [3.05, 3.63) is 29.8 Å². The average Bonchev–Trinajstić information content (AvgIpc) is 2.39. The molecular weight excluding hydrogens is 230 g/mol. The number of piperidine rings is 1. The van der Waals surface area contributed by atoms with Crippen molar-refractivity contribution in [2.24, 2.45) is 5.92 Å². The Morgan fingerprint density at radius 3 is 2.83 bits per heavy atom. The van der Waals surface area contributed by atoms with E-state index in [-0.39, 0.29) is 11.7 Å². The molecule has 4 heteroatoms. The molecular formula is C14H19NO3. The predicted octanol–water partition coefficient (Wildman–Crippen LogP) is 1.89. The Hall–Kier alpha value is -1.55. The van der Waals surface area contributed by atoms with Gasteiger partial charge in [0.25, 0.3) is 5.91 Å². The summed E-state index contributed by atoms with van der Waals surface area (Å²) in [5.41, 5.74) is 0.630. The number of hydrogen-bond acceptors (Lipinski definition) is 3. The Bertz CT molecular complexity index is 400. The van der Waals surface area contributed by atoms with Gasteiger partial charge in [-0.05, 0) is 43.0 Å². The number of hydrogen-bond donors (Lipinski definition) is 1. The molecule has 4 nitrogen and oxygen atoms in total. The molecule has 0 aliphatic carbocycles. The fraction of sp³-hybridized carbons (Fsp3) is 0.500. The van der Waals surface area contributed by atoms with Gasteiger partial charge in [0.1, 0.15) is 5.75 Å². The van der Waals surface area contributed by atoms with Crippen LogP contribution in [0, 0.1) is 5.92 Å². The second-order valence-corrected chi connectivity index (χ2v) is 4.76. The van der Waals surface area contributed by atoms with Gasteiger partial charge in [-0.15, -0.1) is 0 Å². The first kappa shape index (κ1) is 12.9. The Morgan fingerprint density at radius 1 is 1.44 bits per heavy atom. The minimum Gasteiger partial charge on any atom is -0.508 e. The summed E-state index contributed by atoms with van der Waals surface area (Å²) in [6.07, 6.45) is 2.14. The van der Waals surface area contributed by atoms with Gasteiger partial charge in [-0.2, -0.15) is 0 Å². The number of rotatable bonds is 3. The van der Waals surface area contributed by atoms with Crippen LogP contribution in [0.25, 0.3) is 0 Å². The summed E-state index contributed by atoms with van der Waals surface area (Å²) in [5.74, 6) is 0.656. The summed E-state index contributed by atoms with van der Waals surface area (Å²) in [6.45, 7) is 2.27. The molecule has 0 aromatic heterocycles. The molecule has 2 rings (SSSR count). The minimum atomic E-state index is 0.0378. The van der Waals surface area contributed by atoms with Crippen LogP contribution in [-0.4, -0.2) is 42.7 Å². The van der Waals surface area contributed by atoms with Crippen LogP contribution in [0.15, 0.2) is 24.3 Å². The lowest BCUT2D eigenvalue weighted by Gasteiger charge is -2.32. The Balaban J connectivity index is 2.02. The lowest BCUT2D eigenvalue weighted by molar-refractivity contribution is 0.0571. The van der Waals surface area contributed by atoms with E-state index in [4.69, 9.17) is 4.74 Å². The van der Waals surface area contributed by atoms with E-state index in [9.17, 15) is 9.90 Å².